The van der Waals surface area contributed by atoms with E-state index in [2.05, 4.69) is 20.4 Å². The van der Waals surface area contributed by atoms with Crippen molar-refractivity contribution in [3.05, 3.63) is 41.7 Å². The summed E-state index contributed by atoms with van der Waals surface area (Å²) in [5.41, 5.74) is 7.30. The van der Waals surface area contributed by atoms with Crippen molar-refractivity contribution in [2.75, 3.05) is 0 Å². The minimum absolute atomic E-state index is 0.257. The van der Waals surface area contributed by atoms with Crippen LogP contribution >= 0.6 is 0 Å². The molecule has 19 heavy (non-hydrogen) atoms. The molecule has 2 heteroatoms. The summed E-state index contributed by atoms with van der Waals surface area (Å²) >= 11 is 0. The number of halogens is 1. The fourth-order valence-corrected chi connectivity index (χ4v) is 2.59. The molecule has 0 fully saturated rings. The average Bonchev–Trinajstić information content (AvgIpc) is 2.36. The number of nitrogens with two attached hydrogens (primary N) is 1. The van der Waals surface area contributed by atoms with Gasteiger partial charge in [-0.2, -0.15) is 0 Å². The van der Waals surface area contributed by atoms with Gasteiger partial charge in [-0.1, -0.05) is 52.2 Å². The SMILES string of the molecule is C=C(N)c1ccc(CCC(CCC)CCC)cc1F. The molecule has 1 nitrogen and oxygen atoms in total. The van der Waals surface area contributed by atoms with Gasteiger partial charge in [-0.3, -0.25) is 0 Å². The summed E-state index contributed by atoms with van der Waals surface area (Å²) in [5, 5.41) is 0. The molecule has 0 aliphatic heterocycles. The number of benzene rings is 1. The molecule has 1 rings (SSSR count). The van der Waals surface area contributed by atoms with E-state index in [0.717, 1.165) is 24.3 Å². The molecule has 1 aromatic carbocycles. The van der Waals surface area contributed by atoms with Crippen LogP contribution in [0.25, 0.3) is 5.70 Å². The maximum atomic E-state index is 13.8. The van der Waals surface area contributed by atoms with E-state index in [4.69, 9.17) is 5.73 Å². The third-order valence-electron chi connectivity index (χ3n) is 3.61. The van der Waals surface area contributed by atoms with E-state index < -0.39 is 0 Å². The Morgan fingerprint density at radius 1 is 1.21 bits per heavy atom. The van der Waals surface area contributed by atoms with Crippen molar-refractivity contribution in [3.8, 4) is 0 Å². The summed E-state index contributed by atoms with van der Waals surface area (Å²) in [6.45, 7) is 8.03. The third kappa shape index (κ3) is 5.06. The standard InChI is InChI=1S/C17H26FN/c1-4-6-14(7-5-2)8-9-15-10-11-16(13(3)19)17(18)12-15/h10-12,14H,3-9,19H2,1-2H3. The molecule has 2 N–H and O–H groups in total. The maximum absolute atomic E-state index is 13.8. The molecule has 0 heterocycles. The van der Waals surface area contributed by atoms with Gasteiger partial charge in [0.2, 0.25) is 0 Å². The normalized spacial score (nSPS) is 10.9. The zero-order valence-corrected chi connectivity index (χ0v) is 12.2. The third-order valence-corrected chi connectivity index (χ3v) is 3.61. The minimum atomic E-state index is -0.257. The van der Waals surface area contributed by atoms with E-state index in [1.807, 2.05) is 6.07 Å². The lowest BCUT2D eigenvalue weighted by Gasteiger charge is -2.15. The fraction of sp³-hybridized carbons (Fsp3) is 0.529. The van der Waals surface area contributed by atoms with E-state index in [9.17, 15) is 4.39 Å². The molecular weight excluding hydrogens is 237 g/mol. The Labute approximate surface area is 116 Å². The van der Waals surface area contributed by atoms with Crippen molar-refractivity contribution in [2.24, 2.45) is 11.7 Å². The zero-order valence-electron chi connectivity index (χ0n) is 12.2. The van der Waals surface area contributed by atoms with Gasteiger partial charge in [0.1, 0.15) is 5.82 Å². The van der Waals surface area contributed by atoms with Crippen LogP contribution in [0.1, 0.15) is 57.1 Å². The molecule has 0 bridgehead atoms. The lowest BCUT2D eigenvalue weighted by Crippen LogP contribution is -2.03. The van der Waals surface area contributed by atoms with E-state index >= 15 is 0 Å². The van der Waals surface area contributed by atoms with Gasteiger partial charge < -0.3 is 5.73 Å². The van der Waals surface area contributed by atoms with Crippen molar-refractivity contribution in [2.45, 2.75) is 52.4 Å². The highest BCUT2D eigenvalue weighted by Gasteiger charge is 2.09. The first-order valence-electron chi connectivity index (χ1n) is 7.31. The van der Waals surface area contributed by atoms with Crippen molar-refractivity contribution in [1.29, 1.82) is 0 Å². The first-order valence-corrected chi connectivity index (χ1v) is 7.31. The Hall–Kier alpha value is -1.31. The first kappa shape index (κ1) is 15.7. The van der Waals surface area contributed by atoms with Crippen LogP contribution in [0.3, 0.4) is 0 Å². The molecule has 0 radical (unpaired) electrons. The van der Waals surface area contributed by atoms with Crippen LogP contribution in [0.5, 0.6) is 0 Å². The van der Waals surface area contributed by atoms with Crippen molar-refractivity contribution >= 4 is 5.70 Å². The first-order chi connectivity index (χ1) is 9.08. The van der Waals surface area contributed by atoms with Crippen molar-refractivity contribution in [1.82, 2.24) is 0 Å². The Balaban J connectivity index is 2.62. The van der Waals surface area contributed by atoms with Gasteiger partial charge in [0.25, 0.3) is 0 Å². The average molecular weight is 263 g/mol. The maximum Gasteiger partial charge on any atom is 0.132 e. The summed E-state index contributed by atoms with van der Waals surface area (Å²) in [4.78, 5) is 0. The zero-order chi connectivity index (χ0) is 14.3. The van der Waals surface area contributed by atoms with Crippen molar-refractivity contribution in [3.63, 3.8) is 0 Å². The van der Waals surface area contributed by atoms with Crippen LogP contribution in [0.2, 0.25) is 0 Å². The molecule has 1 aromatic rings. The number of hydrogen-bond acceptors (Lipinski definition) is 1. The van der Waals surface area contributed by atoms with Gasteiger partial charge in [-0.05, 0) is 36.5 Å². The number of rotatable bonds is 8. The molecule has 0 amide bonds. The Morgan fingerprint density at radius 2 is 1.84 bits per heavy atom. The second-order valence-corrected chi connectivity index (χ2v) is 5.32. The Kier molecular flexibility index (Phi) is 6.61. The topological polar surface area (TPSA) is 26.0 Å². The molecular formula is C17H26FN. The van der Waals surface area contributed by atoms with Gasteiger partial charge in [0, 0.05) is 11.3 Å². The van der Waals surface area contributed by atoms with Crippen LogP contribution in [-0.2, 0) is 6.42 Å². The Bertz CT molecular complexity index is 406. The minimum Gasteiger partial charge on any atom is -0.399 e. The molecule has 0 unspecified atom stereocenters. The summed E-state index contributed by atoms with van der Waals surface area (Å²) in [6, 6.07) is 5.30. The summed E-state index contributed by atoms with van der Waals surface area (Å²) in [6.07, 6.45) is 7.08. The molecule has 106 valence electrons. The van der Waals surface area contributed by atoms with Gasteiger partial charge in [-0.25, -0.2) is 4.39 Å². The summed E-state index contributed by atoms with van der Waals surface area (Å²) in [5.74, 6) is 0.509. The number of hydrogen-bond donors (Lipinski definition) is 1. The smallest absolute Gasteiger partial charge is 0.132 e. The van der Waals surface area contributed by atoms with Crippen LogP contribution in [0.15, 0.2) is 24.8 Å². The lowest BCUT2D eigenvalue weighted by molar-refractivity contribution is 0.411. The van der Waals surface area contributed by atoms with E-state index in [-0.39, 0.29) is 5.82 Å². The van der Waals surface area contributed by atoms with E-state index in [0.29, 0.717) is 11.3 Å². The van der Waals surface area contributed by atoms with Crippen LogP contribution in [0, 0.1) is 11.7 Å². The summed E-state index contributed by atoms with van der Waals surface area (Å²) in [7, 11) is 0. The summed E-state index contributed by atoms with van der Waals surface area (Å²) < 4.78 is 13.8. The largest absolute Gasteiger partial charge is 0.399 e. The molecule has 0 atom stereocenters. The van der Waals surface area contributed by atoms with Gasteiger partial charge >= 0.3 is 0 Å². The molecule has 0 spiro atoms. The quantitative estimate of drug-likeness (QED) is 0.709. The monoisotopic (exact) mass is 263 g/mol. The van der Waals surface area contributed by atoms with Crippen LogP contribution in [0.4, 0.5) is 4.39 Å². The predicted octanol–water partition coefficient (Wildman–Crippen LogP) is 4.90. The highest BCUT2D eigenvalue weighted by Crippen LogP contribution is 2.22. The second kappa shape index (κ2) is 7.98. The predicted molar refractivity (Wildman–Crippen MR) is 81.2 cm³/mol. The van der Waals surface area contributed by atoms with Crippen LogP contribution < -0.4 is 5.73 Å². The Morgan fingerprint density at radius 3 is 2.32 bits per heavy atom. The highest BCUT2D eigenvalue weighted by atomic mass is 19.1. The molecule has 0 saturated carbocycles. The van der Waals surface area contributed by atoms with Gasteiger partial charge in [0.15, 0.2) is 0 Å². The van der Waals surface area contributed by atoms with Crippen LogP contribution in [-0.4, -0.2) is 0 Å². The number of aryl methyl sites for hydroxylation is 1. The second-order valence-electron chi connectivity index (χ2n) is 5.32. The van der Waals surface area contributed by atoms with Gasteiger partial charge in [-0.15, -0.1) is 0 Å². The molecule has 0 aliphatic rings. The highest BCUT2D eigenvalue weighted by molar-refractivity contribution is 5.60. The molecule has 0 saturated heterocycles. The fourth-order valence-electron chi connectivity index (χ4n) is 2.59. The molecule has 0 aliphatic carbocycles. The van der Waals surface area contributed by atoms with Gasteiger partial charge in [0.05, 0.1) is 0 Å². The lowest BCUT2D eigenvalue weighted by atomic mass is 9.91. The molecule has 0 aromatic heterocycles. The van der Waals surface area contributed by atoms with Crippen molar-refractivity contribution < 1.29 is 4.39 Å². The van der Waals surface area contributed by atoms with E-state index in [1.165, 1.54) is 25.7 Å². The van der Waals surface area contributed by atoms with E-state index in [1.54, 1.807) is 12.1 Å².